The number of likely N-dealkylation sites (N-methyl/N-ethyl adjacent to an activating group) is 1. The third kappa shape index (κ3) is 5.00. The van der Waals surface area contributed by atoms with E-state index in [1.54, 1.807) is 36.4 Å². The van der Waals surface area contributed by atoms with Crippen LogP contribution in [0.2, 0.25) is 5.02 Å². The average molecular weight is 333 g/mol. The number of ether oxygens (including phenoxy) is 1. The largest absolute Gasteiger partial charge is 0.488 e. The third-order valence-electron chi connectivity index (χ3n) is 3.13. The van der Waals surface area contributed by atoms with Gasteiger partial charge >= 0.3 is 0 Å². The number of halogens is 1. The summed E-state index contributed by atoms with van der Waals surface area (Å²) in [7, 11) is 1.51. The molecule has 0 aliphatic rings. The lowest BCUT2D eigenvalue weighted by Crippen LogP contribution is -2.35. The van der Waals surface area contributed by atoms with Gasteiger partial charge in [-0.15, -0.1) is 0 Å². The van der Waals surface area contributed by atoms with E-state index < -0.39 is 0 Å². The van der Waals surface area contributed by atoms with E-state index in [0.717, 1.165) is 5.56 Å². The Morgan fingerprint density at radius 1 is 1.09 bits per heavy atom. The van der Waals surface area contributed by atoms with Gasteiger partial charge in [0.15, 0.2) is 0 Å². The summed E-state index contributed by atoms with van der Waals surface area (Å²) in [6.07, 6.45) is 0. The minimum absolute atomic E-state index is 0.0825. The van der Waals surface area contributed by atoms with E-state index in [1.807, 2.05) is 12.1 Å². The number of carbonyl (C=O) groups excluding carboxylic acids is 2. The summed E-state index contributed by atoms with van der Waals surface area (Å²) in [5, 5.41) is 5.64. The van der Waals surface area contributed by atoms with Crippen molar-refractivity contribution in [3.63, 3.8) is 0 Å². The maximum absolute atomic E-state index is 12.2. The molecule has 2 N–H and O–H groups in total. The summed E-state index contributed by atoms with van der Waals surface area (Å²) in [4.78, 5) is 23.4. The van der Waals surface area contributed by atoms with Crippen LogP contribution >= 0.6 is 11.6 Å². The van der Waals surface area contributed by atoms with Gasteiger partial charge in [0.25, 0.3) is 5.91 Å². The average Bonchev–Trinajstić information content (AvgIpc) is 2.59. The highest BCUT2D eigenvalue weighted by Gasteiger charge is 2.13. The van der Waals surface area contributed by atoms with E-state index in [9.17, 15) is 9.59 Å². The van der Waals surface area contributed by atoms with E-state index in [2.05, 4.69) is 10.6 Å². The zero-order valence-electron chi connectivity index (χ0n) is 12.6. The van der Waals surface area contributed by atoms with Crippen LogP contribution in [-0.4, -0.2) is 25.4 Å². The first-order valence-corrected chi connectivity index (χ1v) is 7.43. The first-order valence-electron chi connectivity index (χ1n) is 7.05. The van der Waals surface area contributed by atoms with Crippen molar-refractivity contribution in [1.29, 1.82) is 0 Å². The number of carbonyl (C=O) groups is 2. The van der Waals surface area contributed by atoms with Gasteiger partial charge in [0.2, 0.25) is 5.91 Å². The molecule has 5 nitrogen and oxygen atoms in total. The molecule has 0 bridgehead atoms. The van der Waals surface area contributed by atoms with Crippen LogP contribution in [0.5, 0.6) is 5.75 Å². The fraction of sp³-hybridized carbons (Fsp3) is 0.176. The first-order chi connectivity index (χ1) is 11.1. The Morgan fingerprint density at radius 3 is 2.48 bits per heavy atom. The number of para-hydroxylation sites is 1. The molecule has 0 fully saturated rings. The molecule has 0 aliphatic heterocycles. The molecule has 0 radical (unpaired) electrons. The molecule has 2 amide bonds. The minimum Gasteiger partial charge on any atom is -0.488 e. The number of amides is 2. The van der Waals surface area contributed by atoms with E-state index in [-0.39, 0.29) is 18.4 Å². The van der Waals surface area contributed by atoms with Crippen LogP contribution < -0.4 is 15.4 Å². The van der Waals surface area contributed by atoms with E-state index in [1.165, 1.54) is 7.05 Å². The number of nitrogens with one attached hydrogen (secondary N) is 2. The zero-order valence-corrected chi connectivity index (χ0v) is 13.4. The molecule has 0 saturated carbocycles. The Kier molecular flexibility index (Phi) is 6.00. The van der Waals surface area contributed by atoms with Crippen molar-refractivity contribution in [3.05, 3.63) is 64.7 Å². The lowest BCUT2D eigenvalue weighted by Gasteiger charge is -2.11. The molecular weight excluding hydrogens is 316 g/mol. The van der Waals surface area contributed by atoms with Crippen LogP contribution in [-0.2, 0) is 11.4 Å². The summed E-state index contributed by atoms with van der Waals surface area (Å²) >= 11 is 5.84. The zero-order chi connectivity index (χ0) is 16.7. The lowest BCUT2D eigenvalue weighted by atomic mass is 10.2. The van der Waals surface area contributed by atoms with Gasteiger partial charge in [0.1, 0.15) is 12.4 Å². The Bertz CT molecular complexity index is 686. The van der Waals surface area contributed by atoms with Gasteiger partial charge in [-0.3, -0.25) is 9.59 Å². The van der Waals surface area contributed by atoms with E-state index in [4.69, 9.17) is 16.3 Å². The van der Waals surface area contributed by atoms with Crippen LogP contribution in [0.25, 0.3) is 0 Å². The van der Waals surface area contributed by atoms with Crippen molar-refractivity contribution in [3.8, 4) is 5.75 Å². The molecule has 0 spiro atoms. The molecule has 0 atom stereocenters. The molecule has 23 heavy (non-hydrogen) atoms. The minimum atomic E-state index is -0.361. The van der Waals surface area contributed by atoms with E-state index in [0.29, 0.717) is 22.9 Å². The van der Waals surface area contributed by atoms with Crippen molar-refractivity contribution in [2.24, 2.45) is 0 Å². The highest BCUT2D eigenvalue weighted by molar-refractivity contribution is 6.30. The molecule has 2 rings (SSSR count). The first kappa shape index (κ1) is 16.8. The molecule has 2 aromatic rings. The molecule has 0 unspecified atom stereocenters. The number of hydrogen-bond donors (Lipinski definition) is 2. The van der Waals surface area contributed by atoms with Gasteiger partial charge in [0, 0.05) is 12.1 Å². The van der Waals surface area contributed by atoms with Crippen LogP contribution in [0, 0.1) is 0 Å². The predicted octanol–water partition coefficient (Wildman–Crippen LogP) is 2.39. The quantitative estimate of drug-likeness (QED) is 0.853. The molecule has 0 aromatic heterocycles. The van der Waals surface area contributed by atoms with Gasteiger partial charge in [-0.25, -0.2) is 0 Å². The highest BCUT2D eigenvalue weighted by atomic mass is 35.5. The molecule has 0 saturated heterocycles. The SMILES string of the molecule is CNC(=O)CNC(=O)c1ccccc1OCc1ccc(Cl)cc1. The summed E-state index contributed by atoms with van der Waals surface area (Å²) in [5.41, 5.74) is 1.32. The number of hydrogen-bond acceptors (Lipinski definition) is 3. The fourth-order valence-corrected chi connectivity index (χ4v) is 1.99. The molecule has 0 heterocycles. The Labute approximate surface area is 139 Å². The van der Waals surface area contributed by atoms with E-state index >= 15 is 0 Å². The molecular formula is C17H17ClN2O3. The van der Waals surface area contributed by atoms with Crippen molar-refractivity contribution in [2.75, 3.05) is 13.6 Å². The van der Waals surface area contributed by atoms with Gasteiger partial charge in [0.05, 0.1) is 12.1 Å². The molecule has 2 aromatic carbocycles. The van der Waals surface area contributed by atoms with Crippen LogP contribution in [0.3, 0.4) is 0 Å². The van der Waals surface area contributed by atoms with Crippen LogP contribution in [0.1, 0.15) is 15.9 Å². The second kappa shape index (κ2) is 8.19. The van der Waals surface area contributed by atoms with Crippen LogP contribution in [0.15, 0.2) is 48.5 Å². The second-order valence-corrected chi connectivity index (χ2v) is 5.20. The fourth-order valence-electron chi connectivity index (χ4n) is 1.87. The van der Waals surface area contributed by atoms with Gasteiger partial charge in [-0.05, 0) is 29.8 Å². The Hall–Kier alpha value is -2.53. The smallest absolute Gasteiger partial charge is 0.255 e. The van der Waals surface area contributed by atoms with Gasteiger partial charge in [-0.2, -0.15) is 0 Å². The molecule has 120 valence electrons. The van der Waals surface area contributed by atoms with Crippen molar-refractivity contribution >= 4 is 23.4 Å². The highest BCUT2D eigenvalue weighted by Crippen LogP contribution is 2.20. The summed E-state index contributed by atoms with van der Waals surface area (Å²) < 4.78 is 5.71. The summed E-state index contributed by atoms with van der Waals surface area (Å²) in [6.45, 7) is 0.234. The normalized spacial score (nSPS) is 10.0. The summed E-state index contributed by atoms with van der Waals surface area (Å²) in [5.74, 6) is -0.171. The number of benzene rings is 2. The summed E-state index contributed by atoms with van der Waals surface area (Å²) in [6, 6.07) is 14.2. The number of rotatable bonds is 6. The van der Waals surface area contributed by atoms with Crippen molar-refractivity contribution < 1.29 is 14.3 Å². The van der Waals surface area contributed by atoms with Gasteiger partial charge < -0.3 is 15.4 Å². The molecule has 6 heteroatoms. The molecule has 0 aliphatic carbocycles. The lowest BCUT2D eigenvalue weighted by molar-refractivity contribution is -0.119. The maximum Gasteiger partial charge on any atom is 0.255 e. The monoisotopic (exact) mass is 332 g/mol. The standard InChI is InChI=1S/C17H17ClN2O3/c1-19-16(21)10-20-17(22)14-4-2-3-5-15(14)23-11-12-6-8-13(18)9-7-12/h2-9H,10-11H2,1H3,(H,19,21)(H,20,22). The van der Waals surface area contributed by atoms with Crippen LogP contribution in [0.4, 0.5) is 0 Å². The second-order valence-electron chi connectivity index (χ2n) is 4.77. The maximum atomic E-state index is 12.2. The van der Waals surface area contributed by atoms with Gasteiger partial charge in [-0.1, -0.05) is 35.9 Å². The topological polar surface area (TPSA) is 67.4 Å². The Morgan fingerprint density at radius 2 is 1.78 bits per heavy atom. The third-order valence-corrected chi connectivity index (χ3v) is 3.38. The predicted molar refractivity (Wildman–Crippen MR) is 88.6 cm³/mol. The Balaban J connectivity index is 2.03. The van der Waals surface area contributed by atoms with Crippen molar-refractivity contribution in [2.45, 2.75) is 6.61 Å². The van der Waals surface area contributed by atoms with Crippen molar-refractivity contribution in [1.82, 2.24) is 10.6 Å².